The van der Waals surface area contributed by atoms with E-state index >= 15 is 0 Å². The molecule has 0 radical (unpaired) electrons. The topological polar surface area (TPSA) is 38.2 Å². The van der Waals surface area contributed by atoms with Crippen molar-refractivity contribution in [3.63, 3.8) is 0 Å². The second-order valence-corrected chi connectivity index (χ2v) is 5.07. The Labute approximate surface area is 124 Å². The van der Waals surface area contributed by atoms with Crippen LogP contribution >= 0.6 is 11.6 Å². The molecule has 0 spiro atoms. The maximum absolute atomic E-state index is 6.18. The molecule has 0 saturated heterocycles. The molecule has 0 saturated carbocycles. The van der Waals surface area contributed by atoms with Gasteiger partial charge in [-0.25, -0.2) is 9.97 Å². The molecule has 1 heterocycles. The number of hydrogen-bond acceptors (Lipinski definition) is 4. The van der Waals surface area contributed by atoms with E-state index in [1.54, 1.807) is 7.11 Å². The van der Waals surface area contributed by atoms with Crippen molar-refractivity contribution in [1.82, 2.24) is 9.97 Å². The normalized spacial score (nSPS) is 10.4. The molecule has 2 rings (SSSR count). The third-order valence-electron chi connectivity index (χ3n) is 3.16. The van der Waals surface area contributed by atoms with E-state index in [0.717, 1.165) is 22.7 Å². The molecule has 20 heavy (non-hydrogen) atoms. The van der Waals surface area contributed by atoms with Crippen LogP contribution in [-0.4, -0.2) is 24.1 Å². The molecule has 106 valence electrons. The highest BCUT2D eigenvalue weighted by atomic mass is 35.5. The molecular weight excluding hydrogens is 274 g/mol. The molecule has 0 bridgehead atoms. The first-order chi connectivity index (χ1) is 9.51. The van der Waals surface area contributed by atoms with Crippen LogP contribution in [0.2, 0.25) is 5.15 Å². The predicted molar refractivity (Wildman–Crippen MR) is 81.6 cm³/mol. The van der Waals surface area contributed by atoms with Gasteiger partial charge in [0.25, 0.3) is 0 Å². The van der Waals surface area contributed by atoms with E-state index in [1.807, 2.05) is 50.1 Å². The van der Waals surface area contributed by atoms with Gasteiger partial charge in [-0.2, -0.15) is 0 Å². The molecular formula is C15H18ClN3O. The molecule has 2 aromatic rings. The fourth-order valence-electron chi connectivity index (χ4n) is 1.93. The number of halogens is 1. The van der Waals surface area contributed by atoms with Crippen molar-refractivity contribution >= 4 is 17.4 Å². The molecule has 0 aliphatic rings. The van der Waals surface area contributed by atoms with E-state index in [9.17, 15) is 0 Å². The number of hydrogen-bond donors (Lipinski definition) is 0. The van der Waals surface area contributed by atoms with Crippen LogP contribution in [0.5, 0.6) is 5.75 Å². The van der Waals surface area contributed by atoms with Gasteiger partial charge in [-0.15, -0.1) is 0 Å². The monoisotopic (exact) mass is 291 g/mol. The molecule has 4 nitrogen and oxygen atoms in total. The van der Waals surface area contributed by atoms with Crippen molar-refractivity contribution in [3.05, 3.63) is 46.4 Å². The van der Waals surface area contributed by atoms with Crippen LogP contribution in [0.25, 0.3) is 0 Å². The Balaban J connectivity index is 2.23. The second kappa shape index (κ2) is 6.09. The lowest BCUT2D eigenvalue weighted by molar-refractivity contribution is 0.414. The van der Waals surface area contributed by atoms with Crippen LogP contribution in [0, 0.1) is 13.8 Å². The number of benzene rings is 1. The highest BCUT2D eigenvalue weighted by molar-refractivity contribution is 6.31. The molecule has 0 aliphatic heterocycles. The first kappa shape index (κ1) is 14.6. The minimum Gasteiger partial charge on any atom is -0.497 e. The molecule has 0 N–H and O–H groups in total. The standard InChI is InChI=1S/C15H18ClN3O/c1-10-11(2)18-15(14(16)17-10)19(3)9-12-6-5-7-13(8-12)20-4/h5-8H,9H2,1-4H3. The lowest BCUT2D eigenvalue weighted by Gasteiger charge is -2.20. The van der Waals surface area contributed by atoms with Crippen LogP contribution in [0.1, 0.15) is 17.0 Å². The Morgan fingerprint density at radius 3 is 2.60 bits per heavy atom. The van der Waals surface area contributed by atoms with Gasteiger partial charge in [0, 0.05) is 13.6 Å². The summed E-state index contributed by atoms with van der Waals surface area (Å²) in [5.74, 6) is 1.53. The van der Waals surface area contributed by atoms with Gasteiger partial charge in [-0.3, -0.25) is 0 Å². The van der Waals surface area contributed by atoms with E-state index in [-0.39, 0.29) is 0 Å². The van der Waals surface area contributed by atoms with E-state index in [4.69, 9.17) is 16.3 Å². The van der Waals surface area contributed by atoms with Crippen molar-refractivity contribution in [2.45, 2.75) is 20.4 Å². The van der Waals surface area contributed by atoms with Gasteiger partial charge in [-0.1, -0.05) is 23.7 Å². The highest BCUT2D eigenvalue weighted by Gasteiger charge is 2.12. The minimum atomic E-state index is 0.429. The highest BCUT2D eigenvalue weighted by Crippen LogP contribution is 2.24. The maximum atomic E-state index is 6.18. The van der Waals surface area contributed by atoms with E-state index in [2.05, 4.69) is 9.97 Å². The molecule has 0 aliphatic carbocycles. The zero-order valence-corrected chi connectivity index (χ0v) is 12.9. The third-order valence-corrected chi connectivity index (χ3v) is 3.42. The van der Waals surface area contributed by atoms with Gasteiger partial charge in [0.1, 0.15) is 5.75 Å². The number of anilines is 1. The number of ether oxygens (including phenoxy) is 1. The van der Waals surface area contributed by atoms with Gasteiger partial charge in [0.15, 0.2) is 11.0 Å². The summed E-state index contributed by atoms with van der Waals surface area (Å²) in [6.45, 7) is 4.52. The Morgan fingerprint density at radius 1 is 1.20 bits per heavy atom. The number of methoxy groups -OCH3 is 1. The Bertz CT molecular complexity index is 616. The first-order valence-corrected chi connectivity index (χ1v) is 6.74. The van der Waals surface area contributed by atoms with Crippen LogP contribution < -0.4 is 9.64 Å². The smallest absolute Gasteiger partial charge is 0.171 e. The fraction of sp³-hybridized carbons (Fsp3) is 0.333. The minimum absolute atomic E-state index is 0.429. The molecule has 0 amide bonds. The van der Waals surface area contributed by atoms with E-state index < -0.39 is 0 Å². The van der Waals surface area contributed by atoms with Crippen molar-refractivity contribution in [2.75, 3.05) is 19.1 Å². The number of rotatable bonds is 4. The zero-order valence-electron chi connectivity index (χ0n) is 12.1. The summed E-state index contributed by atoms with van der Waals surface area (Å²) in [5.41, 5.74) is 2.87. The fourth-order valence-corrected chi connectivity index (χ4v) is 2.24. The largest absolute Gasteiger partial charge is 0.497 e. The summed E-state index contributed by atoms with van der Waals surface area (Å²) in [6.07, 6.45) is 0. The van der Waals surface area contributed by atoms with Gasteiger partial charge in [0.2, 0.25) is 0 Å². The maximum Gasteiger partial charge on any atom is 0.171 e. The van der Waals surface area contributed by atoms with Gasteiger partial charge in [0.05, 0.1) is 18.5 Å². The lowest BCUT2D eigenvalue weighted by Crippen LogP contribution is -2.19. The molecule has 1 aromatic heterocycles. The number of aryl methyl sites for hydroxylation is 2. The predicted octanol–water partition coefficient (Wildman–Crippen LogP) is 3.39. The second-order valence-electron chi connectivity index (χ2n) is 4.72. The number of nitrogens with zero attached hydrogens (tertiary/aromatic N) is 3. The first-order valence-electron chi connectivity index (χ1n) is 6.36. The van der Waals surface area contributed by atoms with Crippen LogP contribution in [0.15, 0.2) is 24.3 Å². The van der Waals surface area contributed by atoms with Gasteiger partial charge < -0.3 is 9.64 Å². The Hall–Kier alpha value is -1.81. The van der Waals surface area contributed by atoms with Crippen LogP contribution in [0.4, 0.5) is 5.82 Å². The average molecular weight is 292 g/mol. The lowest BCUT2D eigenvalue weighted by atomic mass is 10.2. The summed E-state index contributed by atoms with van der Waals surface area (Å²) in [6, 6.07) is 7.93. The summed E-state index contributed by atoms with van der Waals surface area (Å²) in [5, 5.41) is 0.429. The van der Waals surface area contributed by atoms with Crippen molar-refractivity contribution in [2.24, 2.45) is 0 Å². The van der Waals surface area contributed by atoms with Crippen LogP contribution in [-0.2, 0) is 6.54 Å². The zero-order chi connectivity index (χ0) is 14.7. The molecule has 0 atom stereocenters. The summed E-state index contributed by atoms with van der Waals surface area (Å²) < 4.78 is 5.23. The van der Waals surface area contributed by atoms with Crippen molar-refractivity contribution < 1.29 is 4.74 Å². The van der Waals surface area contributed by atoms with E-state index in [0.29, 0.717) is 17.5 Å². The van der Waals surface area contributed by atoms with Gasteiger partial charge >= 0.3 is 0 Å². The Morgan fingerprint density at radius 2 is 1.90 bits per heavy atom. The average Bonchev–Trinajstić information content (AvgIpc) is 2.43. The van der Waals surface area contributed by atoms with Crippen molar-refractivity contribution in [1.29, 1.82) is 0 Å². The summed E-state index contributed by atoms with van der Waals surface area (Å²) in [7, 11) is 3.61. The Kier molecular flexibility index (Phi) is 4.45. The summed E-state index contributed by atoms with van der Waals surface area (Å²) in [4.78, 5) is 10.8. The van der Waals surface area contributed by atoms with Crippen LogP contribution in [0.3, 0.4) is 0 Å². The third kappa shape index (κ3) is 3.20. The SMILES string of the molecule is COc1cccc(CN(C)c2nc(C)c(C)nc2Cl)c1. The number of aromatic nitrogens is 2. The molecule has 1 aromatic carbocycles. The van der Waals surface area contributed by atoms with Gasteiger partial charge in [-0.05, 0) is 31.5 Å². The summed E-state index contributed by atoms with van der Waals surface area (Å²) >= 11 is 6.18. The molecule has 0 fully saturated rings. The molecule has 5 heteroatoms. The van der Waals surface area contributed by atoms with Crippen molar-refractivity contribution in [3.8, 4) is 5.75 Å². The van der Waals surface area contributed by atoms with E-state index in [1.165, 1.54) is 0 Å². The molecule has 0 unspecified atom stereocenters. The quantitative estimate of drug-likeness (QED) is 0.865.